The summed E-state index contributed by atoms with van der Waals surface area (Å²) in [5.74, 6) is 0. The standard InChI is InChI=1S/C14H10BrN3O/c15-11-5-6-12(16-8-11)9-18-14(19)13-4-2-1-3-10(13)7-17-18/h1-8H,9H2. The maximum Gasteiger partial charge on any atom is 0.274 e. The van der Waals surface area contributed by atoms with Crippen molar-refractivity contribution in [3.63, 3.8) is 0 Å². The van der Waals surface area contributed by atoms with Crippen LogP contribution in [0.5, 0.6) is 0 Å². The summed E-state index contributed by atoms with van der Waals surface area (Å²) < 4.78 is 2.34. The van der Waals surface area contributed by atoms with E-state index in [1.807, 2.05) is 36.4 Å². The van der Waals surface area contributed by atoms with Gasteiger partial charge in [0.25, 0.3) is 5.56 Å². The minimum Gasteiger partial charge on any atom is -0.267 e. The quantitative estimate of drug-likeness (QED) is 0.730. The van der Waals surface area contributed by atoms with Crippen molar-refractivity contribution in [3.05, 3.63) is 69.3 Å². The monoisotopic (exact) mass is 315 g/mol. The number of hydrogen-bond donors (Lipinski definition) is 0. The Balaban J connectivity index is 2.04. The molecule has 0 radical (unpaired) electrons. The Morgan fingerprint density at radius 1 is 1.11 bits per heavy atom. The largest absolute Gasteiger partial charge is 0.274 e. The molecule has 0 aliphatic heterocycles. The molecule has 0 spiro atoms. The number of nitrogens with zero attached hydrogens (tertiary/aromatic N) is 3. The van der Waals surface area contributed by atoms with Gasteiger partial charge in [0.05, 0.1) is 23.8 Å². The van der Waals surface area contributed by atoms with E-state index >= 15 is 0 Å². The number of rotatable bonds is 2. The maximum absolute atomic E-state index is 12.3. The van der Waals surface area contributed by atoms with Crippen LogP contribution in [0.1, 0.15) is 5.69 Å². The van der Waals surface area contributed by atoms with Gasteiger partial charge in [-0.1, -0.05) is 18.2 Å². The molecule has 0 aliphatic carbocycles. The Morgan fingerprint density at radius 2 is 1.95 bits per heavy atom. The minimum absolute atomic E-state index is 0.0946. The maximum atomic E-state index is 12.3. The van der Waals surface area contributed by atoms with E-state index in [4.69, 9.17) is 0 Å². The molecule has 0 aliphatic rings. The molecule has 2 aromatic heterocycles. The second-order valence-corrected chi connectivity index (χ2v) is 5.08. The van der Waals surface area contributed by atoms with Gasteiger partial charge in [-0.3, -0.25) is 9.78 Å². The Bertz CT molecular complexity index is 781. The summed E-state index contributed by atoms with van der Waals surface area (Å²) in [7, 11) is 0. The Hall–Kier alpha value is -2.01. The normalized spacial score (nSPS) is 10.8. The number of hydrogen-bond acceptors (Lipinski definition) is 3. The highest BCUT2D eigenvalue weighted by Gasteiger charge is 2.04. The molecular formula is C14H10BrN3O. The van der Waals surface area contributed by atoms with Crippen molar-refractivity contribution in [3.8, 4) is 0 Å². The molecule has 0 atom stereocenters. The molecule has 0 saturated carbocycles. The number of pyridine rings is 1. The molecule has 2 heterocycles. The Labute approximate surface area is 117 Å². The highest BCUT2D eigenvalue weighted by Crippen LogP contribution is 2.09. The molecule has 0 bridgehead atoms. The third-order valence-electron chi connectivity index (χ3n) is 2.86. The van der Waals surface area contributed by atoms with Crippen LogP contribution in [0.25, 0.3) is 10.8 Å². The second kappa shape index (κ2) is 4.93. The predicted octanol–water partition coefficient (Wildman–Crippen LogP) is 2.60. The van der Waals surface area contributed by atoms with Gasteiger partial charge in [-0.25, -0.2) is 4.68 Å². The van der Waals surface area contributed by atoms with Gasteiger partial charge >= 0.3 is 0 Å². The average molecular weight is 316 g/mol. The van der Waals surface area contributed by atoms with Crippen LogP contribution in [-0.2, 0) is 6.54 Å². The van der Waals surface area contributed by atoms with E-state index in [1.165, 1.54) is 4.68 Å². The molecule has 0 unspecified atom stereocenters. The van der Waals surface area contributed by atoms with Crippen molar-refractivity contribution >= 4 is 26.7 Å². The minimum atomic E-state index is -0.0946. The molecule has 4 nitrogen and oxygen atoms in total. The van der Waals surface area contributed by atoms with Gasteiger partial charge in [0.2, 0.25) is 0 Å². The van der Waals surface area contributed by atoms with E-state index in [9.17, 15) is 4.79 Å². The summed E-state index contributed by atoms with van der Waals surface area (Å²) in [4.78, 5) is 16.5. The summed E-state index contributed by atoms with van der Waals surface area (Å²) >= 11 is 3.33. The SMILES string of the molecule is O=c1c2ccccc2cnn1Cc1ccc(Br)cn1. The fourth-order valence-electron chi connectivity index (χ4n) is 1.89. The molecular weight excluding hydrogens is 306 g/mol. The molecule has 0 fully saturated rings. The number of benzene rings is 1. The molecule has 19 heavy (non-hydrogen) atoms. The van der Waals surface area contributed by atoms with E-state index < -0.39 is 0 Å². The van der Waals surface area contributed by atoms with Gasteiger partial charge in [0.1, 0.15) is 0 Å². The molecule has 3 rings (SSSR count). The van der Waals surface area contributed by atoms with Gasteiger partial charge in [0, 0.05) is 16.1 Å². The van der Waals surface area contributed by atoms with Crippen LogP contribution < -0.4 is 5.56 Å². The number of fused-ring (bicyclic) bond motifs is 1. The highest BCUT2D eigenvalue weighted by molar-refractivity contribution is 9.10. The Kier molecular flexibility index (Phi) is 3.13. The number of halogens is 1. The van der Waals surface area contributed by atoms with Crippen molar-refractivity contribution in [1.82, 2.24) is 14.8 Å². The van der Waals surface area contributed by atoms with Gasteiger partial charge in [-0.2, -0.15) is 5.10 Å². The zero-order valence-corrected chi connectivity index (χ0v) is 11.5. The zero-order valence-electron chi connectivity index (χ0n) is 9.95. The summed E-state index contributed by atoms with van der Waals surface area (Å²) in [5.41, 5.74) is 0.705. The van der Waals surface area contributed by atoms with E-state index in [-0.39, 0.29) is 5.56 Å². The summed E-state index contributed by atoms with van der Waals surface area (Å²) in [6.45, 7) is 0.372. The first-order valence-electron chi connectivity index (χ1n) is 5.79. The van der Waals surface area contributed by atoms with Crippen LogP contribution in [0.2, 0.25) is 0 Å². The fraction of sp³-hybridized carbons (Fsp3) is 0.0714. The molecule has 3 aromatic rings. The van der Waals surface area contributed by atoms with Crippen LogP contribution in [0.4, 0.5) is 0 Å². The van der Waals surface area contributed by atoms with Crippen molar-refractivity contribution in [2.24, 2.45) is 0 Å². The second-order valence-electron chi connectivity index (χ2n) is 4.16. The first kappa shape index (κ1) is 12.0. The first-order chi connectivity index (χ1) is 9.24. The topological polar surface area (TPSA) is 47.8 Å². The lowest BCUT2D eigenvalue weighted by Crippen LogP contribution is -2.23. The lowest BCUT2D eigenvalue weighted by Gasteiger charge is -2.05. The van der Waals surface area contributed by atoms with Gasteiger partial charge in [-0.15, -0.1) is 0 Å². The average Bonchev–Trinajstić information content (AvgIpc) is 2.45. The first-order valence-corrected chi connectivity index (χ1v) is 6.58. The lowest BCUT2D eigenvalue weighted by molar-refractivity contribution is 0.635. The van der Waals surface area contributed by atoms with Crippen LogP contribution in [-0.4, -0.2) is 14.8 Å². The molecule has 94 valence electrons. The summed E-state index contributed by atoms with van der Waals surface area (Å²) in [6.07, 6.45) is 3.41. The van der Waals surface area contributed by atoms with Crippen LogP contribution in [0.15, 0.2) is 58.1 Å². The number of aromatic nitrogens is 3. The van der Waals surface area contributed by atoms with E-state index in [1.54, 1.807) is 12.4 Å². The summed E-state index contributed by atoms with van der Waals surface area (Å²) in [5, 5.41) is 5.71. The van der Waals surface area contributed by atoms with E-state index in [2.05, 4.69) is 26.0 Å². The Morgan fingerprint density at radius 3 is 2.74 bits per heavy atom. The smallest absolute Gasteiger partial charge is 0.267 e. The third kappa shape index (κ3) is 2.42. The predicted molar refractivity (Wildman–Crippen MR) is 77.0 cm³/mol. The molecule has 0 N–H and O–H groups in total. The summed E-state index contributed by atoms with van der Waals surface area (Å²) in [6, 6.07) is 11.2. The van der Waals surface area contributed by atoms with Gasteiger partial charge < -0.3 is 0 Å². The van der Waals surface area contributed by atoms with Crippen LogP contribution in [0, 0.1) is 0 Å². The van der Waals surface area contributed by atoms with Gasteiger partial charge in [-0.05, 0) is 34.1 Å². The molecule has 1 aromatic carbocycles. The van der Waals surface area contributed by atoms with Crippen LogP contribution >= 0.6 is 15.9 Å². The highest BCUT2D eigenvalue weighted by atomic mass is 79.9. The molecule has 0 saturated heterocycles. The lowest BCUT2D eigenvalue weighted by atomic mass is 10.2. The van der Waals surface area contributed by atoms with E-state index in [0.29, 0.717) is 11.9 Å². The molecule has 0 amide bonds. The third-order valence-corrected chi connectivity index (χ3v) is 3.33. The van der Waals surface area contributed by atoms with Crippen molar-refractivity contribution in [1.29, 1.82) is 0 Å². The zero-order chi connectivity index (χ0) is 13.2. The van der Waals surface area contributed by atoms with Crippen LogP contribution in [0.3, 0.4) is 0 Å². The van der Waals surface area contributed by atoms with Crippen molar-refractivity contribution < 1.29 is 0 Å². The van der Waals surface area contributed by atoms with E-state index in [0.717, 1.165) is 15.6 Å². The fourth-order valence-corrected chi connectivity index (χ4v) is 2.13. The molecule has 5 heteroatoms. The van der Waals surface area contributed by atoms with Crippen molar-refractivity contribution in [2.45, 2.75) is 6.54 Å². The van der Waals surface area contributed by atoms with Gasteiger partial charge in [0.15, 0.2) is 0 Å². The van der Waals surface area contributed by atoms with Crippen molar-refractivity contribution in [2.75, 3.05) is 0 Å².